The lowest BCUT2D eigenvalue weighted by molar-refractivity contribution is -0.142. The fraction of sp³-hybridized carbons (Fsp3) is 0.500. The number of carbonyl (C=O) groups excluding carboxylic acids is 3. The predicted octanol–water partition coefficient (Wildman–Crippen LogP) is 8.42. The van der Waals surface area contributed by atoms with Gasteiger partial charge in [-0.05, 0) is 76.0 Å². The number of pyridine rings is 1. The van der Waals surface area contributed by atoms with Gasteiger partial charge < -0.3 is 40.0 Å². The Morgan fingerprint density at radius 2 is 1.79 bits per heavy atom. The van der Waals surface area contributed by atoms with Gasteiger partial charge in [-0.3, -0.25) is 14.2 Å². The smallest absolute Gasteiger partial charge is 0.408 e. The lowest BCUT2D eigenvalue weighted by Gasteiger charge is -2.36. The van der Waals surface area contributed by atoms with Crippen LogP contribution in [0.3, 0.4) is 0 Å². The highest BCUT2D eigenvalue weighted by molar-refractivity contribution is 7.59. The summed E-state index contributed by atoms with van der Waals surface area (Å²) in [5.74, 6) is -0.482. The second-order valence-electron chi connectivity index (χ2n) is 18.3. The molecular formula is C46H59N6O8PS. The number of carbonyl (C=O) groups is 3. The Morgan fingerprint density at radius 1 is 1.06 bits per heavy atom. The van der Waals surface area contributed by atoms with Gasteiger partial charge in [-0.15, -0.1) is 17.9 Å². The van der Waals surface area contributed by atoms with Crippen molar-refractivity contribution in [1.82, 2.24) is 25.5 Å². The molecule has 0 radical (unpaired) electrons. The fourth-order valence-corrected chi connectivity index (χ4v) is 11.7. The SMILES string of the molecule is C=C[C@@H]1C[C@]1(NC(=O)[C@@H]1C[C@@H](Oc2cc(-c3csc(NC(C)C)n3)nc3cc(OC)ccc23)CN1C(=O)[C@@H](NC(=O)OC1CCCC1)C(C)(C)C)P(=O)(O)Cc1ccc(C)cc1. The summed E-state index contributed by atoms with van der Waals surface area (Å²) in [5, 5.41) is 11.0. The number of hydrogen-bond acceptors (Lipinski definition) is 11. The van der Waals surface area contributed by atoms with Gasteiger partial charge in [0.2, 0.25) is 19.2 Å². The van der Waals surface area contributed by atoms with Crippen LogP contribution in [-0.2, 0) is 25.1 Å². The summed E-state index contributed by atoms with van der Waals surface area (Å²) >= 11 is 1.46. The van der Waals surface area contributed by atoms with E-state index in [1.165, 1.54) is 16.2 Å². The highest BCUT2D eigenvalue weighted by atomic mass is 32.1. The molecule has 4 N–H and O–H groups in total. The van der Waals surface area contributed by atoms with Crippen LogP contribution in [0.1, 0.15) is 84.3 Å². The van der Waals surface area contributed by atoms with Crippen molar-refractivity contribution >= 4 is 52.6 Å². The molecule has 3 fully saturated rings. The molecule has 16 heteroatoms. The van der Waals surface area contributed by atoms with E-state index in [1.807, 2.05) is 95.5 Å². The Balaban J connectivity index is 1.22. The second kappa shape index (κ2) is 18.0. The zero-order chi connectivity index (χ0) is 44.6. The number of benzene rings is 2. The van der Waals surface area contributed by atoms with Crippen LogP contribution in [0.4, 0.5) is 9.93 Å². The van der Waals surface area contributed by atoms with E-state index in [0.717, 1.165) is 36.4 Å². The van der Waals surface area contributed by atoms with E-state index in [0.29, 0.717) is 39.4 Å². The minimum absolute atomic E-state index is 0.0185. The average molecular weight is 887 g/mol. The first-order valence-electron chi connectivity index (χ1n) is 21.4. The fourth-order valence-electron chi connectivity index (χ4n) is 8.48. The molecule has 0 bridgehead atoms. The number of anilines is 1. The molecule has 3 heterocycles. The molecule has 4 aromatic rings. The van der Waals surface area contributed by atoms with Crippen molar-refractivity contribution < 1.29 is 38.1 Å². The molecule has 3 aliphatic rings. The average Bonchev–Trinajstić information content (AvgIpc) is 3.61. The number of hydrogen-bond donors (Lipinski definition) is 4. The summed E-state index contributed by atoms with van der Waals surface area (Å²) in [7, 11) is -2.51. The van der Waals surface area contributed by atoms with Crippen molar-refractivity contribution in [2.24, 2.45) is 11.3 Å². The molecule has 6 atom stereocenters. The normalized spacial score (nSPS) is 22.8. The van der Waals surface area contributed by atoms with Crippen molar-refractivity contribution in [2.45, 2.75) is 122 Å². The van der Waals surface area contributed by atoms with Gasteiger partial charge in [-0.25, -0.2) is 14.8 Å². The Hall–Kier alpha value is -4.98. The van der Waals surface area contributed by atoms with Crippen molar-refractivity contribution in [3.05, 3.63) is 77.7 Å². The van der Waals surface area contributed by atoms with Crippen LogP contribution in [0, 0.1) is 18.3 Å². The van der Waals surface area contributed by atoms with Crippen LogP contribution in [0.5, 0.6) is 11.5 Å². The minimum Gasteiger partial charge on any atom is -0.497 e. The zero-order valence-corrected chi connectivity index (χ0v) is 38.3. The monoisotopic (exact) mass is 886 g/mol. The molecule has 3 amide bonds. The van der Waals surface area contributed by atoms with Gasteiger partial charge in [0.05, 0.1) is 31.0 Å². The number of nitrogens with one attached hydrogen (secondary N) is 3. The summed E-state index contributed by atoms with van der Waals surface area (Å²) in [6.07, 6.45) is 3.55. The van der Waals surface area contributed by atoms with E-state index < -0.39 is 60.1 Å². The van der Waals surface area contributed by atoms with Crippen LogP contribution in [-0.4, -0.2) is 86.9 Å². The zero-order valence-electron chi connectivity index (χ0n) is 36.6. The molecule has 14 nitrogen and oxygen atoms in total. The number of alkyl carbamates (subject to hydrolysis) is 1. The number of amides is 3. The van der Waals surface area contributed by atoms with Gasteiger partial charge in [-0.1, -0.05) is 56.7 Å². The molecule has 1 unspecified atom stereocenters. The molecule has 7 rings (SSSR count). The first kappa shape index (κ1) is 45.1. The van der Waals surface area contributed by atoms with Crippen LogP contribution in [0.25, 0.3) is 22.3 Å². The van der Waals surface area contributed by atoms with Crippen LogP contribution < -0.4 is 25.4 Å². The minimum atomic E-state index is -4.09. The Labute approximate surface area is 367 Å². The number of rotatable bonds is 15. The first-order valence-corrected chi connectivity index (χ1v) is 24.1. The number of thiazole rings is 1. The Kier molecular flexibility index (Phi) is 13.1. The number of aromatic nitrogens is 2. The van der Waals surface area contributed by atoms with Crippen LogP contribution in [0.2, 0.25) is 0 Å². The van der Waals surface area contributed by atoms with Gasteiger partial charge in [0, 0.05) is 41.3 Å². The summed E-state index contributed by atoms with van der Waals surface area (Å²) in [6, 6.07) is 12.7. The van der Waals surface area contributed by atoms with Gasteiger partial charge in [0.25, 0.3) is 0 Å². The maximum absolute atomic E-state index is 14.9. The van der Waals surface area contributed by atoms with Crippen LogP contribution in [0.15, 0.2) is 66.6 Å². The van der Waals surface area contributed by atoms with E-state index in [2.05, 4.69) is 22.5 Å². The quantitative estimate of drug-likeness (QED) is 0.0665. The molecule has 2 aromatic carbocycles. The van der Waals surface area contributed by atoms with Crippen molar-refractivity contribution in [1.29, 1.82) is 0 Å². The molecular weight excluding hydrogens is 828 g/mol. The van der Waals surface area contributed by atoms with Gasteiger partial charge >= 0.3 is 6.09 Å². The maximum Gasteiger partial charge on any atom is 0.408 e. The highest BCUT2D eigenvalue weighted by Crippen LogP contribution is 2.70. The molecule has 2 aliphatic carbocycles. The number of nitrogens with zero attached hydrogens (tertiary/aromatic N) is 3. The Bertz CT molecular complexity index is 2360. The third-order valence-corrected chi connectivity index (χ3v) is 15.4. The predicted molar refractivity (Wildman–Crippen MR) is 242 cm³/mol. The molecule has 1 aliphatic heterocycles. The third-order valence-electron chi connectivity index (χ3n) is 12.0. The number of likely N-dealkylation sites (tertiary alicyclic amines) is 1. The van der Waals surface area contributed by atoms with Gasteiger partial charge in [-0.2, -0.15) is 0 Å². The van der Waals surface area contributed by atoms with E-state index in [4.69, 9.17) is 24.2 Å². The molecule has 0 spiro atoms. The summed E-state index contributed by atoms with van der Waals surface area (Å²) in [6.45, 7) is 15.4. The summed E-state index contributed by atoms with van der Waals surface area (Å²) in [4.78, 5) is 65.9. The van der Waals surface area contributed by atoms with Crippen molar-refractivity contribution in [3.8, 4) is 22.9 Å². The van der Waals surface area contributed by atoms with E-state index in [9.17, 15) is 23.8 Å². The summed E-state index contributed by atoms with van der Waals surface area (Å²) < 4.78 is 32.4. The molecule has 62 heavy (non-hydrogen) atoms. The third kappa shape index (κ3) is 9.80. The lowest BCUT2D eigenvalue weighted by atomic mass is 9.85. The second-order valence-corrected chi connectivity index (χ2v) is 21.6. The topological polar surface area (TPSA) is 181 Å². The number of ether oxygens (including phenoxy) is 3. The van der Waals surface area contributed by atoms with Crippen molar-refractivity contribution in [2.75, 3.05) is 19.0 Å². The van der Waals surface area contributed by atoms with E-state index in [-0.39, 0.29) is 37.7 Å². The van der Waals surface area contributed by atoms with E-state index >= 15 is 0 Å². The number of aryl methyl sites for hydroxylation is 1. The van der Waals surface area contributed by atoms with Gasteiger partial charge in [0.15, 0.2) is 5.13 Å². The number of methoxy groups -OCH3 is 1. The molecule has 2 saturated carbocycles. The molecule has 1 saturated heterocycles. The standard InChI is InChI=1S/C46H59N6O8PS/c1-9-30-23-46(30,61(56,57)25-29-16-14-28(4)15-17-29)51-41(53)38-21-33(24-52(38)42(54)40(45(5,6)7)50-44(55)60-31-12-10-11-13-31)59-39-22-36(37-26-62-43(49-37)47-27(2)3)48-35-20-32(58-8)18-19-34(35)39/h9,14-20,22,26-27,30-31,33,38,40H,1,10-13,21,23-25H2,2-8H3,(H,47,49)(H,50,55)(H,51,53)(H,56,57)/t30-,33-,38+,40-,46+/m1/s1. The maximum atomic E-state index is 14.9. The van der Waals surface area contributed by atoms with Crippen LogP contribution >= 0.6 is 18.7 Å². The summed E-state index contributed by atoms with van der Waals surface area (Å²) in [5.41, 5.74) is 2.70. The Morgan fingerprint density at radius 3 is 2.44 bits per heavy atom. The van der Waals surface area contributed by atoms with Crippen molar-refractivity contribution in [3.63, 3.8) is 0 Å². The number of fused-ring (bicyclic) bond motifs is 1. The first-order chi connectivity index (χ1) is 29.4. The molecule has 332 valence electrons. The highest BCUT2D eigenvalue weighted by Gasteiger charge is 2.65. The lowest BCUT2D eigenvalue weighted by Crippen LogP contribution is -2.58. The van der Waals surface area contributed by atoms with E-state index in [1.54, 1.807) is 13.2 Å². The van der Waals surface area contributed by atoms with Gasteiger partial charge in [0.1, 0.15) is 46.8 Å². The largest absolute Gasteiger partial charge is 0.497 e. The molecule has 2 aromatic heterocycles.